The third-order valence-corrected chi connectivity index (χ3v) is 4.84. The van der Waals surface area contributed by atoms with Crippen molar-refractivity contribution >= 4 is 16.9 Å². The van der Waals surface area contributed by atoms with E-state index in [0.29, 0.717) is 17.0 Å². The molecule has 3 unspecified atom stereocenters. The zero-order valence-electron chi connectivity index (χ0n) is 11.2. The van der Waals surface area contributed by atoms with E-state index in [-0.39, 0.29) is 6.04 Å². The first-order chi connectivity index (χ1) is 9.74. The van der Waals surface area contributed by atoms with Gasteiger partial charge in [0.15, 0.2) is 0 Å². The van der Waals surface area contributed by atoms with Crippen molar-refractivity contribution in [1.82, 2.24) is 15.3 Å². The number of nitrogens with one attached hydrogen (secondary N) is 2. The Hall–Kier alpha value is -1.88. The number of H-pyrrole nitrogens is 1. The number of benzene rings is 1. The van der Waals surface area contributed by atoms with Gasteiger partial charge < -0.3 is 16.0 Å². The molecule has 0 spiro atoms. The maximum atomic E-state index is 11.5. The number of aromatic nitrogens is 2. The number of fused-ring (bicyclic) bond motifs is 2. The summed E-state index contributed by atoms with van der Waals surface area (Å²) < 4.78 is 0. The number of para-hydroxylation sites is 1. The van der Waals surface area contributed by atoms with E-state index in [1.54, 1.807) is 6.07 Å². The summed E-state index contributed by atoms with van der Waals surface area (Å²) in [6, 6.07) is 5.80. The van der Waals surface area contributed by atoms with Crippen molar-refractivity contribution in [2.75, 3.05) is 6.54 Å². The zero-order chi connectivity index (χ0) is 13.7. The lowest BCUT2D eigenvalue weighted by atomic mass is 9.94. The molecule has 3 atom stereocenters. The molecular formula is C15H18N4O. The SMILES string of the molecule is NC(=O)c1cccc2[nH]c(C3NCC4CCCC43)nc12. The van der Waals surface area contributed by atoms with Gasteiger partial charge in [-0.3, -0.25) is 4.79 Å². The number of primary amides is 1. The fraction of sp³-hybridized carbons (Fsp3) is 0.467. The largest absolute Gasteiger partial charge is 0.366 e. The summed E-state index contributed by atoms with van der Waals surface area (Å²) >= 11 is 0. The van der Waals surface area contributed by atoms with Gasteiger partial charge in [0.2, 0.25) is 0 Å². The molecule has 1 aliphatic carbocycles. The number of carbonyl (C=O) groups is 1. The number of nitrogens with zero attached hydrogens (tertiary/aromatic N) is 1. The highest BCUT2D eigenvalue weighted by Crippen LogP contribution is 2.43. The van der Waals surface area contributed by atoms with Gasteiger partial charge in [-0.25, -0.2) is 4.98 Å². The van der Waals surface area contributed by atoms with Crippen molar-refractivity contribution < 1.29 is 4.79 Å². The molecule has 0 radical (unpaired) electrons. The van der Waals surface area contributed by atoms with Crippen LogP contribution in [0.4, 0.5) is 0 Å². The van der Waals surface area contributed by atoms with Crippen molar-refractivity contribution in [3.63, 3.8) is 0 Å². The number of aromatic amines is 1. The van der Waals surface area contributed by atoms with E-state index in [1.807, 2.05) is 12.1 Å². The van der Waals surface area contributed by atoms with E-state index in [1.165, 1.54) is 19.3 Å². The molecule has 1 aromatic carbocycles. The molecule has 1 aromatic heterocycles. The van der Waals surface area contributed by atoms with Crippen LogP contribution in [0, 0.1) is 11.8 Å². The summed E-state index contributed by atoms with van der Waals surface area (Å²) in [5.41, 5.74) is 7.49. The second kappa shape index (κ2) is 4.31. The molecule has 1 amide bonds. The summed E-state index contributed by atoms with van der Waals surface area (Å²) in [4.78, 5) is 19.5. The molecule has 5 heteroatoms. The number of imidazole rings is 1. The quantitative estimate of drug-likeness (QED) is 0.777. The van der Waals surface area contributed by atoms with Crippen molar-refractivity contribution in [2.45, 2.75) is 25.3 Å². The lowest BCUT2D eigenvalue weighted by molar-refractivity contribution is 0.100. The summed E-state index contributed by atoms with van der Waals surface area (Å²) in [5.74, 6) is 1.98. The topological polar surface area (TPSA) is 83.8 Å². The first-order valence-corrected chi connectivity index (χ1v) is 7.26. The van der Waals surface area contributed by atoms with Crippen LogP contribution < -0.4 is 11.1 Å². The molecule has 4 N–H and O–H groups in total. The molecule has 1 saturated carbocycles. The van der Waals surface area contributed by atoms with Crippen LogP contribution in [0.2, 0.25) is 0 Å². The molecule has 0 bridgehead atoms. The number of amides is 1. The Bertz CT molecular complexity index is 678. The van der Waals surface area contributed by atoms with Gasteiger partial charge in [0, 0.05) is 0 Å². The van der Waals surface area contributed by atoms with E-state index >= 15 is 0 Å². The summed E-state index contributed by atoms with van der Waals surface area (Å²) in [7, 11) is 0. The van der Waals surface area contributed by atoms with Gasteiger partial charge >= 0.3 is 0 Å². The molecule has 1 aliphatic heterocycles. The van der Waals surface area contributed by atoms with Gasteiger partial charge in [0.05, 0.1) is 17.1 Å². The second-order valence-corrected chi connectivity index (χ2v) is 5.93. The van der Waals surface area contributed by atoms with Gasteiger partial charge in [0.25, 0.3) is 5.91 Å². The molecule has 5 nitrogen and oxygen atoms in total. The average Bonchev–Trinajstić information content (AvgIpc) is 3.11. The molecule has 2 aromatic rings. The monoisotopic (exact) mass is 270 g/mol. The molecule has 2 aliphatic rings. The maximum Gasteiger partial charge on any atom is 0.250 e. The first kappa shape index (κ1) is 11.9. The fourth-order valence-electron chi connectivity index (χ4n) is 3.88. The number of nitrogens with two attached hydrogens (primary N) is 1. The van der Waals surface area contributed by atoms with Crippen LogP contribution in [0.1, 0.15) is 41.5 Å². The molecular weight excluding hydrogens is 252 g/mol. The fourth-order valence-corrected chi connectivity index (χ4v) is 3.88. The molecule has 2 heterocycles. The normalized spacial score (nSPS) is 28.9. The Morgan fingerprint density at radius 3 is 3.10 bits per heavy atom. The second-order valence-electron chi connectivity index (χ2n) is 5.93. The van der Waals surface area contributed by atoms with Crippen LogP contribution in [0.25, 0.3) is 11.0 Å². The molecule has 2 fully saturated rings. The zero-order valence-corrected chi connectivity index (χ0v) is 11.2. The van der Waals surface area contributed by atoms with Crippen LogP contribution >= 0.6 is 0 Å². The minimum atomic E-state index is -0.424. The average molecular weight is 270 g/mol. The molecule has 20 heavy (non-hydrogen) atoms. The number of hydrogen-bond donors (Lipinski definition) is 3. The minimum absolute atomic E-state index is 0.288. The summed E-state index contributed by atoms with van der Waals surface area (Å²) in [5, 5.41) is 3.57. The first-order valence-electron chi connectivity index (χ1n) is 7.26. The van der Waals surface area contributed by atoms with E-state index in [4.69, 9.17) is 5.73 Å². The van der Waals surface area contributed by atoms with Gasteiger partial charge in [-0.1, -0.05) is 12.5 Å². The smallest absolute Gasteiger partial charge is 0.250 e. The van der Waals surface area contributed by atoms with Gasteiger partial charge in [0.1, 0.15) is 11.3 Å². The maximum absolute atomic E-state index is 11.5. The van der Waals surface area contributed by atoms with E-state index in [2.05, 4.69) is 15.3 Å². The Labute approximate surface area is 117 Å². The number of carbonyl (C=O) groups excluding carboxylic acids is 1. The number of hydrogen-bond acceptors (Lipinski definition) is 3. The van der Waals surface area contributed by atoms with Crippen molar-refractivity contribution in [3.8, 4) is 0 Å². The van der Waals surface area contributed by atoms with E-state index in [9.17, 15) is 4.79 Å². The van der Waals surface area contributed by atoms with E-state index < -0.39 is 5.91 Å². The Balaban J connectivity index is 1.78. The highest BCUT2D eigenvalue weighted by atomic mass is 16.1. The van der Waals surface area contributed by atoms with Gasteiger partial charge in [-0.15, -0.1) is 0 Å². The minimum Gasteiger partial charge on any atom is -0.366 e. The Morgan fingerprint density at radius 2 is 2.25 bits per heavy atom. The van der Waals surface area contributed by atoms with Crippen molar-refractivity contribution in [1.29, 1.82) is 0 Å². The lowest BCUT2D eigenvalue weighted by Crippen LogP contribution is -2.19. The predicted molar refractivity (Wildman–Crippen MR) is 76.2 cm³/mol. The van der Waals surface area contributed by atoms with Crippen LogP contribution in [0.3, 0.4) is 0 Å². The van der Waals surface area contributed by atoms with Crippen LogP contribution in [-0.2, 0) is 0 Å². The van der Waals surface area contributed by atoms with E-state index in [0.717, 1.165) is 23.8 Å². The van der Waals surface area contributed by atoms with Gasteiger partial charge in [-0.05, 0) is 43.4 Å². The van der Waals surface area contributed by atoms with Crippen molar-refractivity contribution in [2.24, 2.45) is 17.6 Å². The Kier molecular flexibility index (Phi) is 2.57. The highest BCUT2D eigenvalue weighted by molar-refractivity contribution is 6.04. The Morgan fingerprint density at radius 1 is 1.35 bits per heavy atom. The standard InChI is InChI=1S/C15H18N4O/c16-14(20)10-5-2-6-11-12(10)19-15(18-11)13-9-4-1-3-8(9)7-17-13/h2,5-6,8-9,13,17H,1,3-4,7H2,(H2,16,20)(H,18,19). The van der Waals surface area contributed by atoms with Crippen LogP contribution in [0.15, 0.2) is 18.2 Å². The van der Waals surface area contributed by atoms with Gasteiger partial charge in [-0.2, -0.15) is 0 Å². The van der Waals surface area contributed by atoms with Crippen LogP contribution in [0.5, 0.6) is 0 Å². The molecule has 1 saturated heterocycles. The number of rotatable bonds is 2. The molecule has 4 rings (SSSR count). The molecule has 104 valence electrons. The third kappa shape index (κ3) is 1.66. The predicted octanol–water partition coefficient (Wildman–Crippen LogP) is 1.72. The van der Waals surface area contributed by atoms with Crippen LogP contribution in [-0.4, -0.2) is 22.4 Å². The summed E-state index contributed by atoms with van der Waals surface area (Å²) in [6.07, 6.45) is 3.91. The highest BCUT2D eigenvalue weighted by Gasteiger charge is 2.40. The lowest BCUT2D eigenvalue weighted by Gasteiger charge is -2.15. The third-order valence-electron chi connectivity index (χ3n) is 4.84. The summed E-state index contributed by atoms with van der Waals surface area (Å²) in [6.45, 7) is 1.08. The van der Waals surface area contributed by atoms with Crippen molar-refractivity contribution in [3.05, 3.63) is 29.6 Å².